The molecule has 1 heterocycles. The van der Waals surface area contributed by atoms with E-state index in [9.17, 15) is 14.0 Å². The number of amides is 1. The van der Waals surface area contributed by atoms with E-state index in [1.165, 1.54) is 6.07 Å². The topological polar surface area (TPSA) is 67.2 Å². The maximum atomic E-state index is 13.9. The molecule has 0 bridgehead atoms. The van der Waals surface area contributed by atoms with E-state index in [2.05, 4.69) is 5.32 Å². The number of hydrogen-bond donors (Lipinski definition) is 1. The lowest BCUT2D eigenvalue weighted by molar-refractivity contribution is 0.0950. The largest absolute Gasteiger partial charge is 0.348 e. The zero-order chi connectivity index (χ0) is 24.1. The minimum absolute atomic E-state index is 0.0698. The van der Waals surface area contributed by atoms with Crippen LogP contribution in [-0.4, -0.2) is 28.5 Å². The van der Waals surface area contributed by atoms with Crippen LogP contribution in [-0.2, 0) is 13.1 Å². The first-order valence-corrected chi connectivity index (χ1v) is 11.4. The minimum atomic E-state index is -0.370. The number of nitrogens with one attached hydrogen (secondary N) is 1. The first-order chi connectivity index (χ1) is 16.5. The second kappa shape index (κ2) is 10.3. The molecule has 0 aliphatic carbocycles. The third-order valence-corrected chi connectivity index (χ3v) is 5.82. The van der Waals surface area contributed by atoms with Gasteiger partial charge in [0.2, 0.25) is 5.95 Å². The molecule has 6 nitrogen and oxygen atoms in total. The van der Waals surface area contributed by atoms with Crippen LogP contribution in [0.3, 0.4) is 0 Å². The molecule has 0 atom stereocenters. The normalized spacial score (nSPS) is 10.9. The second-order valence-electron chi connectivity index (χ2n) is 7.97. The number of halogens is 1. The summed E-state index contributed by atoms with van der Waals surface area (Å²) >= 11 is 0. The van der Waals surface area contributed by atoms with Crippen LogP contribution in [0.2, 0.25) is 0 Å². The fourth-order valence-electron chi connectivity index (χ4n) is 3.93. The lowest BCUT2D eigenvalue weighted by Crippen LogP contribution is -2.33. The number of hydrogen-bond acceptors (Lipinski definition) is 4. The van der Waals surface area contributed by atoms with Crippen molar-refractivity contribution < 1.29 is 9.18 Å². The Balaban J connectivity index is 1.70. The average molecular weight is 459 g/mol. The molecule has 0 saturated carbocycles. The Bertz CT molecular complexity index is 1360. The van der Waals surface area contributed by atoms with Gasteiger partial charge < -0.3 is 10.2 Å². The maximum absolute atomic E-state index is 13.9. The molecule has 7 heteroatoms. The number of nitrogens with zero attached hydrogens (tertiary/aromatic N) is 3. The van der Waals surface area contributed by atoms with Crippen molar-refractivity contribution in [3.63, 3.8) is 0 Å². The monoisotopic (exact) mass is 458 g/mol. The second-order valence-corrected chi connectivity index (χ2v) is 7.97. The zero-order valence-electron chi connectivity index (χ0n) is 19.3. The summed E-state index contributed by atoms with van der Waals surface area (Å²) in [5.74, 6) is -0.161. The molecule has 0 unspecified atom stereocenters. The van der Waals surface area contributed by atoms with E-state index < -0.39 is 0 Å². The molecule has 1 N–H and O–H groups in total. The molecule has 4 rings (SSSR count). The number of carbonyl (C=O) groups excluding carboxylic acids is 1. The third-order valence-electron chi connectivity index (χ3n) is 5.82. The standard InChI is InChI=1S/C27H27FN4O2/c1-3-31(4-2)27-30-24-16-20(25(33)29-17-21-12-8-9-13-23(21)28)14-15-22(24)26(34)32(27)18-19-10-6-5-7-11-19/h5-16H,3-4,17-18H2,1-2H3,(H,29,33). The molecule has 34 heavy (non-hydrogen) atoms. The summed E-state index contributed by atoms with van der Waals surface area (Å²) in [5, 5.41) is 3.18. The van der Waals surface area contributed by atoms with Crippen molar-refractivity contribution in [1.29, 1.82) is 0 Å². The molecule has 0 aliphatic rings. The summed E-state index contributed by atoms with van der Waals surface area (Å²) in [6.45, 7) is 5.87. The fourth-order valence-corrected chi connectivity index (χ4v) is 3.93. The zero-order valence-corrected chi connectivity index (χ0v) is 19.3. The van der Waals surface area contributed by atoms with Gasteiger partial charge in [-0.05, 0) is 43.7 Å². The summed E-state index contributed by atoms with van der Waals surface area (Å²) in [4.78, 5) is 33.0. The van der Waals surface area contributed by atoms with Crippen LogP contribution in [0.1, 0.15) is 35.3 Å². The van der Waals surface area contributed by atoms with Crippen LogP contribution in [0.15, 0.2) is 77.6 Å². The van der Waals surface area contributed by atoms with Crippen molar-refractivity contribution in [2.24, 2.45) is 0 Å². The third kappa shape index (κ3) is 4.83. The summed E-state index contributed by atoms with van der Waals surface area (Å²) in [6.07, 6.45) is 0. The van der Waals surface area contributed by atoms with Crippen molar-refractivity contribution in [1.82, 2.24) is 14.9 Å². The number of carbonyl (C=O) groups is 1. The first kappa shape index (κ1) is 23.2. The number of aromatic nitrogens is 2. The predicted octanol–water partition coefficient (Wildman–Crippen LogP) is 4.36. The van der Waals surface area contributed by atoms with Gasteiger partial charge in [0, 0.05) is 30.8 Å². The molecular weight excluding hydrogens is 431 g/mol. The van der Waals surface area contributed by atoms with Gasteiger partial charge >= 0.3 is 0 Å². The Morgan fingerprint density at radius 2 is 1.71 bits per heavy atom. The minimum Gasteiger partial charge on any atom is -0.348 e. The molecule has 0 fully saturated rings. The van der Waals surface area contributed by atoms with Gasteiger partial charge in [0.1, 0.15) is 5.82 Å². The smallest absolute Gasteiger partial charge is 0.263 e. The number of fused-ring (bicyclic) bond motifs is 1. The molecule has 0 aliphatic heterocycles. The lowest BCUT2D eigenvalue weighted by Gasteiger charge is -2.24. The Kier molecular flexibility index (Phi) is 7.01. The molecule has 0 spiro atoms. The molecule has 174 valence electrons. The van der Waals surface area contributed by atoms with Gasteiger partial charge in [0.25, 0.3) is 11.5 Å². The van der Waals surface area contributed by atoms with Crippen LogP contribution in [0.5, 0.6) is 0 Å². The van der Waals surface area contributed by atoms with Gasteiger partial charge in [-0.3, -0.25) is 14.2 Å². The van der Waals surface area contributed by atoms with Crippen molar-refractivity contribution in [2.45, 2.75) is 26.9 Å². The van der Waals surface area contributed by atoms with Crippen LogP contribution in [0.25, 0.3) is 10.9 Å². The molecule has 0 radical (unpaired) electrons. The molecule has 1 amide bonds. The van der Waals surface area contributed by atoms with E-state index in [1.54, 1.807) is 41.0 Å². The lowest BCUT2D eigenvalue weighted by atomic mass is 10.1. The van der Waals surface area contributed by atoms with Gasteiger partial charge in [-0.15, -0.1) is 0 Å². The Morgan fingerprint density at radius 1 is 1.00 bits per heavy atom. The van der Waals surface area contributed by atoms with Gasteiger partial charge in [0.05, 0.1) is 17.4 Å². The van der Waals surface area contributed by atoms with Crippen LogP contribution in [0.4, 0.5) is 10.3 Å². The van der Waals surface area contributed by atoms with Gasteiger partial charge in [-0.1, -0.05) is 48.5 Å². The van der Waals surface area contributed by atoms with Crippen molar-refractivity contribution in [2.75, 3.05) is 18.0 Å². The Morgan fingerprint density at radius 3 is 2.41 bits per heavy atom. The number of benzene rings is 3. The van der Waals surface area contributed by atoms with Crippen LogP contribution in [0, 0.1) is 5.82 Å². The van der Waals surface area contributed by atoms with E-state index in [1.807, 2.05) is 49.1 Å². The first-order valence-electron chi connectivity index (χ1n) is 11.4. The Hall–Kier alpha value is -4.00. The van der Waals surface area contributed by atoms with E-state index in [4.69, 9.17) is 4.98 Å². The molecule has 1 aromatic heterocycles. The highest BCUT2D eigenvalue weighted by Gasteiger charge is 2.17. The number of rotatable bonds is 8. The summed E-state index contributed by atoms with van der Waals surface area (Å²) in [5.41, 5.74) is 2.07. The van der Waals surface area contributed by atoms with Gasteiger partial charge in [-0.25, -0.2) is 9.37 Å². The average Bonchev–Trinajstić information content (AvgIpc) is 2.86. The van der Waals surface area contributed by atoms with Gasteiger partial charge in [-0.2, -0.15) is 0 Å². The molecule has 4 aromatic rings. The van der Waals surface area contributed by atoms with E-state index in [0.29, 0.717) is 47.6 Å². The summed E-state index contributed by atoms with van der Waals surface area (Å²) < 4.78 is 15.6. The highest BCUT2D eigenvalue weighted by Crippen LogP contribution is 2.18. The Labute approximate surface area is 197 Å². The maximum Gasteiger partial charge on any atom is 0.263 e. The van der Waals surface area contributed by atoms with Crippen molar-refractivity contribution >= 4 is 22.8 Å². The highest BCUT2D eigenvalue weighted by atomic mass is 19.1. The summed E-state index contributed by atoms with van der Waals surface area (Å²) in [6, 6.07) is 20.9. The van der Waals surface area contributed by atoms with E-state index in [0.717, 1.165) is 5.56 Å². The SMILES string of the molecule is CCN(CC)c1nc2cc(C(=O)NCc3ccccc3F)ccc2c(=O)n1Cc1ccccc1. The molecular formula is C27H27FN4O2. The van der Waals surface area contributed by atoms with Crippen molar-refractivity contribution in [3.05, 3.63) is 106 Å². The highest BCUT2D eigenvalue weighted by molar-refractivity contribution is 5.97. The van der Waals surface area contributed by atoms with Crippen LogP contribution >= 0.6 is 0 Å². The van der Waals surface area contributed by atoms with Crippen LogP contribution < -0.4 is 15.8 Å². The number of anilines is 1. The van der Waals surface area contributed by atoms with E-state index >= 15 is 0 Å². The summed E-state index contributed by atoms with van der Waals surface area (Å²) in [7, 11) is 0. The molecule has 3 aromatic carbocycles. The van der Waals surface area contributed by atoms with E-state index in [-0.39, 0.29) is 23.8 Å². The quantitative estimate of drug-likeness (QED) is 0.426. The van der Waals surface area contributed by atoms with Gasteiger partial charge in [0.15, 0.2) is 0 Å². The molecule has 0 saturated heterocycles. The fraction of sp³-hybridized carbons (Fsp3) is 0.222. The van der Waals surface area contributed by atoms with Crippen molar-refractivity contribution in [3.8, 4) is 0 Å². The predicted molar refractivity (Wildman–Crippen MR) is 133 cm³/mol.